The molecule has 0 spiro atoms. The molecule has 3 amide bonds. The van der Waals surface area contributed by atoms with Crippen molar-refractivity contribution < 1.29 is 9.59 Å². The van der Waals surface area contributed by atoms with Gasteiger partial charge in [-0.05, 0) is 31.7 Å². The van der Waals surface area contributed by atoms with E-state index in [0.717, 1.165) is 6.42 Å². The van der Waals surface area contributed by atoms with Crippen molar-refractivity contribution in [3.05, 3.63) is 35.9 Å². The summed E-state index contributed by atoms with van der Waals surface area (Å²) in [5, 5.41) is 2.69. The van der Waals surface area contributed by atoms with Gasteiger partial charge in [0.2, 0.25) is 0 Å². The summed E-state index contributed by atoms with van der Waals surface area (Å²) in [4.78, 5) is 25.1. The maximum absolute atomic E-state index is 12.0. The molecule has 0 saturated carbocycles. The number of amides is 3. The second kappa shape index (κ2) is 5.03. The van der Waals surface area contributed by atoms with E-state index in [2.05, 4.69) is 24.4 Å². The summed E-state index contributed by atoms with van der Waals surface area (Å²) in [6, 6.07) is 9.85. The van der Waals surface area contributed by atoms with Crippen LogP contribution in [0.5, 0.6) is 0 Å². The second-order valence-electron chi connectivity index (χ2n) is 5.61. The predicted molar refractivity (Wildman–Crippen MR) is 73.8 cm³/mol. The van der Waals surface area contributed by atoms with Crippen LogP contribution in [-0.4, -0.2) is 28.9 Å². The molecule has 1 fully saturated rings. The molecule has 1 aromatic carbocycles. The summed E-state index contributed by atoms with van der Waals surface area (Å²) in [7, 11) is 0. The maximum Gasteiger partial charge on any atom is 0.325 e. The molecule has 4 heteroatoms. The molecule has 2 rings (SSSR count). The van der Waals surface area contributed by atoms with Crippen molar-refractivity contribution in [1.82, 2.24) is 10.2 Å². The fourth-order valence-electron chi connectivity index (χ4n) is 2.29. The highest BCUT2D eigenvalue weighted by Gasteiger charge is 2.43. The van der Waals surface area contributed by atoms with Crippen LogP contribution in [0.2, 0.25) is 0 Å². The van der Waals surface area contributed by atoms with Crippen molar-refractivity contribution in [2.75, 3.05) is 6.54 Å². The molecule has 1 aliphatic rings. The van der Waals surface area contributed by atoms with E-state index in [1.165, 1.54) is 10.5 Å². The third-order valence-corrected chi connectivity index (χ3v) is 3.60. The van der Waals surface area contributed by atoms with Gasteiger partial charge in [-0.2, -0.15) is 0 Å². The topological polar surface area (TPSA) is 49.4 Å². The molecule has 19 heavy (non-hydrogen) atoms. The number of carbonyl (C=O) groups is 2. The Hall–Kier alpha value is -1.84. The summed E-state index contributed by atoms with van der Waals surface area (Å²) < 4.78 is 0. The van der Waals surface area contributed by atoms with Crippen LogP contribution in [0.1, 0.15) is 38.7 Å². The van der Waals surface area contributed by atoms with Crippen molar-refractivity contribution in [2.45, 2.75) is 38.6 Å². The molecule has 1 saturated heterocycles. The average Bonchev–Trinajstić information content (AvgIpc) is 2.57. The summed E-state index contributed by atoms with van der Waals surface area (Å²) in [5.41, 5.74) is 0.460. The Bertz CT molecular complexity index is 482. The first-order valence-electron chi connectivity index (χ1n) is 6.61. The molecule has 1 atom stereocenters. The normalized spacial score (nSPS) is 19.4. The quantitative estimate of drug-likeness (QED) is 0.846. The van der Waals surface area contributed by atoms with Gasteiger partial charge in [0, 0.05) is 6.54 Å². The summed E-state index contributed by atoms with van der Waals surface area (Å²) in [5.74, 6) is 0.184. The maximum atomic E-state index is 12.0. The van der Waals surface area contributed by atoms with Gasteiger partial charge in [0.1, 0.15) is 5.54 Å². The lowest BCUT2D eigenvalue weighted by Crippen LogP contribution is -2.40. The molecule has 1 heterocycles. The van der Waals surface area contributed by atoms with Crippen molar-refractivity contribution in [2.24, 2.45) is 0 Å². The van der Waals surface area contributed by atoms with Gasteiger partial charge in [-0.3, -0.25) is 9.69 Å². The van der Waals surface area contributed by atoms with Gasteiger partial charge < -0.3 is 5.32 Å². The van der Waals surface area contributed by atoms with Crippen LogP contribution >= 0.6 is 0 Å². The zero-order chi connectivity index (χ0) is 14.0. The van der Waals surface area contributed by atoms with E-state index < -0.39 is 5.54 Å². The Morgan fingerprint density at radius 1 is 1.21 bits per heavy atom. The van der Waals surface area contributed by atoms with Crippen molar-refractivity contribution in [3.8, 4) is 0 Å². The zero-order valence-electron chi connectivity index (χ0n) is 11.6. The van der Waals surface area contributed by atoms with Gasteiger partial charge >= 0.3 is 6.03 Å². The fraction of sp³-hybridized carbons (Fsp3) is 0.467. The number of imide groups is 1. The van der Waals surface area contributed by atoms with E-state index in [1.807, 2.05) is 18.2 Å². The van der Waals surface area contributed by atoms with E-state index >= 15 is 0 Å². The minimum atomic E-state index is -0.771. The standard InChI is InChI=1S/C15H20N2O2/c1-11(12-7-5-4-6-8-12)9-10-17-13(18)15(2,3)16-14(17)19/h4-8,11H,9-10H2,1-3H3,(H,16,19)/t11-/m1/s1. The molecule has 0 aromatic heterocycles. The third-order valence-electron chi connectivity index (χ3n) is 3.60. The number of rotatable bonds is 4. The van der Waals surface area contributed by atoms with Crippen molar-refractivity contribution in [1.29, 1.82) is 0 Å². The SMILES string of the molecule is C[C@H](CCN1C(=O)NC(C)(C)C1=O)c1ccccc1. The number of carbonyl (C=O) groups excluding carboxylic acids is 2. The smallest absolute Gasteiger partial charge is 0.324 e. The molecular formula is C15H20N2O2. The number of benzene rings is 1. The molecule has 0 bridgehead atoms. The molecule has 102 valence electrons. The molecule has 0 radical (unpaired) electrons. The van der Waals surface area contributed by atoms with Crippen LogP contribution in [0.3, 0.4) is 0 Å². The number of urea groups is 1. The van der Waals surface area contributed by atoms with E-state index in [9.17, 15) is 9.59 Å². The zero-order valence-corrected chi connectivity index (χ0v) is 11.6. The number of nitrogens with one attached hydrogen (secondary N) is 1. The molecule has 1 aromatic rings. The second-order valence-corrected chi connectivity index (χ2v) is 5.61. The summed E-state index contributed by atoms with van der Waals surface area (Å²) in [6.07, 6.45) is 0.777. The van der Waals surface area contributed by atoms with Gasteiger partial charge in [0.15, 0.2) is 0 Å². The Morgan fingerprint density at radius 3 is 2.37 bits per heavy atom. The monoisotopic (exact) mass is 260 g/mol. The molecular weight excluding hydrogens is 240 g/mol. The van der Waals surface area contributed by atoms with E-state index in [0.29, 0.717) is 12.5 Å². The van der Waals surface area contributed by atoms with Crippen LogP contribution in [-0.2, 0) is 4.79 Å². The Kier molecular flexibility index (Phi) is 3.60. The van der Waals surface area contributed by atoms with Gasteiger partial charge in [-0.25, -0.2) is 4.79 Å². The Labute approximate surface area is 113 Å². The first-order chi connectivity index (χ1) is 8.92. The number of nitrogens with zero attached hydrogens (tertiary/aromatic N) is 1. The van der Waals surface area contributed by atoms with Crippen LogP contribution in [0.15, 0.2) is 30.3 Å². The predicted octanol–water partition coefficient (Wildman–Crippen LogP) is 2.51. The van der Waals surface area contributed by atoms with Gasteiger partial charge in [0.25, 0.3) is 5.91 Å². The lowest BCUT2D eigenvalue weighted by atomic mass is 9.97. The molecule has 1 aliphatic heterocycles. The van der Waals surface area contributed by atoms with Crippen LogP contribution < -0.4 is 5.32 Å². The first-order valence-corrected chi connectivity index (χ1v) is 6.61. The summed E-state index contributed by atoms with van der Waals surface area (Å²) in [6.45, 7) is 6.03. The number of hydrogen-bond donors (Lipinski definition) is 1. The van der Waals surface area contributed by atoms with Gasteiger partial charge in [0.05, 0.1) is 0 Å². The fourth-order valence-corrected chi connectivity index (χ4v) is 2.29. The van der Waals surface area contributed by atoms with Crippen LogP contribution in [0.25, 0.3) is 0 Å². The minimum absolute atomic E-state index is 0.141. The molecule has 1 N–H and O–H groups in total. The number of hydrogen-bond acceptors (Lipinski definition) is 2. The van der Waals surface area contributed by atoms with E-state index in [4.69, 9.17) is 0 Å². The van der Waals surface area contributed by atoms with E-state index in [1.54, 1.807) is 13.8 Å². The molecule has 0 aliphatic carbocycles. The first kappa shape index (κ1) is 13.6. The van der Waals surface area contributed by atoms with Crippen LogP contribution in [0, 0.1) is 0 Å². The van der Waals surface area contributed by atoms with Crippen molar-refractivity contribution in [3.63, 3.8) is 0 Å². The highest BCUT2D eigenvalue weighted by molar-refractivity contribution is 6.06. The van der Waals surface area contributed by atoms with Crippen molar-refractivity contribution >= 4 is 11.9 Å². The summed E-state index contributed by atoms with van der Waals surface area (Å²) >= 11 is 0. The highest BCUT2D eigenvalue weighted by Crippen LogP contribution is 2.22. The molecule has 4 nitrogen and oxygen atoms in total. The van der Waals surface area contributed by atoms with Gasteiger partial charge in [-0.1, -0.05) is 37.3 Å². The lowest BCUT2D eigenvalue weighted by molar-refractivity contribution is -0.130. The Morgan fingerprint density at radius 2 is 1.84 bits per heavy atom. The largest absolute Gasteiger partial charge is 0.325 e. The van der Waals surface area contributed by atoms with Crippen LogP contribution in [0.4, 0.5) is 4.79 Å². The Balaban J connectivity index is 1.96. The highest BCUT2D eigenvalue weighted by atomic mass is 16.2. The third kappa shape index (κ3) is 2.78. The average molecular weight is 260 g/mol. The lowest BCUT2D eigenvalue weighted by Gasteiger charge is -2.18. The van der Waals surface area contributed by atoms with E-state index in [-0.39, 0.29) is 11.9 Å². The van der Waals surface area contributed by atoms with Gasteiger partial charge in [-0.15, -0.1) is 0 Å². The minimum Gasteiger partial charge on any atom is -0.324 e. The molecule has 0 unspecified atom stereocenters.